The fourth-order valence-corrected chi connectivity index (χ4v) is 2.35. The number of likely N-dealkylation sites (N-methyl/N-ethyl adjacent to an activating group) is 2. The number of hydrogen-bond donors (Lipinski definition) is 1. The molecule has 0 aromatic carbocycles. The van der Waals surface area contributed by atoms with Crippen molar-refractivity contribution in [1.82, 2.24) is 28.9 Å². The van der Waals surface area contributed by atoms with Gasteiger partial charge in [0.25, 0.3) is 5.56 Å². The van der Waals surface area contributed by atoms with Crippen molar-refractivity contribution >= 4 is 17.1 Å². The van der Waals surface area contributed by atoms with Crippen LogP contribution < -0.4 is 16.6 Å². The zero-order valence-electron chi connectivity index (χ0n) is 13.9. The van der Waals surface area contributed by atoms with Crippen LogP contribution in [0.15, 0.2) is 15.9 Å². The number of nitrogens with one attached hydrogen (secondary N) is 1. The Kier molecular flexibility index (Phi) is 4.99. The van der Waals surface area contributed by atoms with E-state index in [1.165, 1.54) is 20.0 Å². The van der Waals surface area contributed by atoms with Crippen LogP contribution in [0, 0.1) is 0 Å². The van der Waals surface area contributed by atoms with Gasteiger partial charge in [0.05, 0.1) is 6.33 Å². The molecular formula is C14H22N6O3. The molecule has 0 aliphatic carbocycles. The number of carbonyl (C=O) groups is 1. The Hall–Kier alpha value is -2.42. The number of carbonyl (C=O) groups excluding carboxylic acids is 1. The Morgan fingerprint density at radius 1 is 1.35 bits per heavy atom. The van der Waals surface area contributed by atoms with Gasteiger partial charge in [0.1, 0.15) is 6.54 Å². The fourth-order valence-electron chi connectivity index (χ4n) is 2.35. The SMILES string of the molecule is CCNC(=O)Cn1cnc2c1c(=O)n(CCN(C)C)c(=O)n2C. The zero-order valence-corrected chi connectivity index (χ0v) is 13.9. The summed E-state index contributed by atoms with van der Waals surface area (Å²) < 4.78 is 3.99. The molecule has 9 heteroatoms. The van der Waals surface area contributed by atoms with Gasteiger partial charge in [-0.25, -0.2) is 9.78 Å². The normalized spacial score (nSPS) is 11.3. The molecule has 0 saturated carbocycles. The second-order valence-electron chi connectivity index (χ2n) is 5.60. The topological polar surface area (TPSA) is 94.2 Å². The van der Waals surface area contributed by atoms with Crippen LogP contribution in [0.25, 0.3) is 11.2 Å². The summed E-state index contributed by atoms with van der Waals surface area (Å²) in [6, 6.07) is 0. The van der Waals surface area contributed by atoms with Gasteiger partial charge >= 0.3 is 5.69 Å². The molecule has 1 N–H and O–H groups in total. The zero-order chi connectivity index (χ0) is 17.1. The Bertz CT molecular complexity index is 829. The molecule has 2 rings (SSSR count). The minimum absolute atomic E-state index is 0.00847. The summed E-state index contributed by atoms with van der Waals surface area (Å²) in [5, 5.41) is 2.68. The molecule has 2 aromatic heterocycles. The molecule has 0 unspecified atom stereocenters. The third kappa shape index (κ3) is 3.34. The Morgan fingerprint density at radius 2 is 2.04 bits per heavy atom. The average molecular weight is 322 g/mol. The molecular weight excluding hydrogens is 300 g/mol. The molecule has 0 atom stereocenters. The van der Waals surface area contributed by atoms with E-state index in [4.69, 9.17) is 0 Å². The number of aromatic nitrogens is 4. The van der Waals surface area contributed by atoms with Crippen LogP contribution >= 0.6 is 0 Å². The van der Waals surface area contributed by atoms with Crippen LogP contribution in [-0.4, -0.2) is 56.7 Å². The maximum atomic E-state index is 12.7. The van der Waals surface area contributed by atoms with Crippen molar-refractivity contribution in [3.05, 3.63) is 27.2 Å². The molecule has 0 saturated heterocycles. The highest BCUT2D eigenvalue weighted by atomic mass is 16.2. The Balaban J connectivity index is 2.55. The molecule has 0 bridgehead atoms. The number of rotatable bonds is 6. The second kappa shape index (κ2) is 6.78. The number of nitrogens with zero attached hydrogens (tertiary/aromatic N) is 5. The lowest BCUT2D eigenvalue weighted by Crippen LogP contribution is -2.42. The van der Waals surface area contributed by atoms with Crippen molar-refractivity contribution in [3.63, 3.8) is 0 Å². The van der Waals surface area contributed by atoms with Crippen LogP contribution in [0.3, 0.4) is 0 Å². The molecule has 2 aromatic rings. The lowest BCUT2D eigenvalue weighted by Gasteiger charge is -2.12. The highest BCUT2D eigenvalue weighted by molar-refractivity contribution is 5.78. The van der Waals surface area contributed by atoms with Crippen LogP contribution in [0.5, 0.6) is 0 Å². The highest BCUT2D eigenvalue weighted by Crippen LogP contribution is 2.05. The van der Waals surface area contributed by atoms with E-state index in [2.05, 4.69) is 10.3 Å². The third-order valence-electron chi connectivity index (χ3n) is 3.56. The van der Waals surface area contributed by atoms with Crippen molar-refractivity contribution in [2.24, 2.45) is 7.05 Å². The molecule has 0 fully saturated rings. The summed E-state index contributed by atoms with van der Waals surface area (Å²) in [5.41, 5.74) is -0.290. The maximum Gasteiger partial charge on any atom is 0.332 e. The largest absolute Gasteiger partial charge is 0.355 e. The monoisotopic (exact) mass is 322 g/mol. The lowest BCUT2D eigenvalue weighted by molar-refractivity contribution is -0.121. The van der Waals surface area contributed by atoms with E-state index in [0.29, 0.717) is 13.1 Å². The lowest BCUT2D eigenvalue weighted by atomic mass is 10.4. The summed E-state index contributed by atoms with van der Waals surface area (Å²) in [5.74, 6) is -0.208. The summed E-state index contributed by atoms with van der Waals surface area (Å²) >= 11 is 0. The number of hydrogen-bond acceptors (Lipinski definition) is 5. The van der Waals surface area contributed by atoms with Crippen molar-refractivity contribution in [2.75, 3.05) is 27.2 Å². The van der Waals surface area contributed by atoms with Crippen molar-refractivity contribution in [3.8, 4) is 0 Å². The Labute approximate surface area is 133 Å². The first-order chi connectivity index (χ1) is 10.9. The van der Waals surface area contributed by atoms with E-state index in [1.807, 2.05) is 25.9 Å². The number of aryl methyl sites for hydroxylation is 1. The van der Waals surface area contributed by atoms with E-state index >= 15 is 0 Å². The first kappa shape index (κ1) is 16.9. The second-order valence-corrected chi connectivity index (χ2v) is 5.60. The summed E-state index contributed by atoms with van der Waals surface area (Å²) in [6.45, 7) is 3.16. The van der Waals surface area contributed by atoms with Gasteiger partial charge in [-0.15, -0.1) is 0 Å². The standard InChI is InChI=1S/C14H22N6O3/c1-5-15-10(21)8-19-9-16-12-11(19)13(22)20(7-6-17(2)3)14(23)18(12)4/h9H,5-8H2,1-4H3,(H,15,21). The minimum atomic E-state index is -0.424. The fraction of sp³-hybridized carbons (Fsp3) is 0.571. The van der Waals surface area contributed by atoms with Gasteiger partial charge in [0.2, 0.25) is 5.91 Å². The van der Waals surface area contributed by atoms with Gasteiger partial charge in [-0.1, -0.05) is 0 Å². The molecule has 0 radical (unpaired) electrons. The Morgan fingerprint density at radius 3 is 2.65 bits per heavy atom. The van der Waals surface area contributed by atoms with E-state index in [0.717, 1.165) is 0 Å². The van der Waals surface area contributed by atoms with E-state index in [-0.39, 0.29) is 30.2 Å². The van der Waals surface area contributed by atoms with Gasteiger partial charge in [-0.3, -0.25) is 18.7 Å². The van der Waals surface area contributed by atoms with Crippen LogP contribution in [0.4, 0.5) is 0 Å². The van der Waals surface area contributed by atoms with Gasteiger partial charge in [0.15, 0.2) is 11.2 Å². The number of fused-ring (bicyclic) bond motifs is 1. The predicted octanol–water partition coefficient (Wildman–Crippen LogP) is -1.41. The number of imidazole rings is 1. The first-order valence-electron chi connectivity index (χ1n) is 7.42. The molecule has 0 aliphatic rings. The molecule has 9 nitrogen and oxygen atoms in total. The van der Waals surface area contributed by atoms with E-state index in [1.54, 1.807) is 7.05 Å². The van der Waals surface area contributed by atoms with Gasteiger partial charge < -0.3 is 14.8 Å². The molecule has 2 heterocycles. The first-order valence-corrected chi connectivity index (χ1v) is 7.42. The highest BCUT2D eigenvalue weighted by Gasteiger charge is 2.17. The van der Waals surface area contributed by atoms with Gasteiger partial charge in [-0.05, 0) is 21.0 Å². The van der Waals surface area contributed by atoms with Crippen molar-refractivity contribution < 1.29 is 4.79 Å². The molecule has 23 heavy (non-hydrogen) atoms. The van der Waals surface area contributed by atoms with Crippen LogP contribution in [0.1, 0.15) is 6.92 Å². The van der Waals surface area contributed by atoms with Crippen molar-refractivity contribution in [2.45, 2.75) is 20.0 Å². The summed E-state index contributed by atoms with van der Waals surface area (Å²) in [7, 11) is 5.31. The molecule has 1 amide bonds. The molecule has 126 valence electrons. The molecule has 0 spiro atoms. The van der Waals surface area contributed by atoms with E-state index in [9.17, 15) is 14.4 Å². The minimum Gasteiger partial charge on any atom is -0.355 e. The summed E-state index contributed by atoms with van der Waals surface area (Å²) in [6.07, 6.45) is 1.41. The van der Waals surface area contributed by atoms with Gasteiger partial charge in [0, 0.05) is 26.7 Å². The van der Waals surface area contributed by atoms with Gasteiger partial charge in [-0.2, -0.15) is 0 Å². The summed E-state index contributed by atoms with van der Waals surface area (Å²) in [4.78, 5) is 42.8. The predicted molar refractivity (Wildman–Crippen MR) is 86.5 cm³/mol. The quantitative estimate of drug-likeness (QED) is 0.705. The van der Waals surface area contributed by atoms with Crippen LogP contribution in [-0.2, 0) is 24.9 Å². The molecule has 0 aliphatic heterocycles. The smallest absolute Gasteiger partial charge is 0.332 e. The third-order valence-corrected chi connectivity index (χ3v) is 3.56. The van der Waals surface area contributed by atoms with Crippen molar-refractivity contribution in [1.29, 1.82) is 0 Å². The maximum absolute atomic E-state index is 12.7. The van der Waals surface area contributed by atoms with E-state index < -0.39 is 11.2 Å². The average Bonchev–Trinajstić information content (AvgIpc) is 2.88. The van der Waals surface area contributed by atoms with Crippen LogP contribution in [0.2, 0.25) is 0 Å². The number of amides is 1.